The van der Waals surface area contributed by atoms with Crippen molar-refractivity contribution in [2.45, 2.75) is 13.1 Å². The van der Waals surface area contributed by atoms with Crippen molar-refractivity contribution in [1.82, 2.24) is 0 Å². The summed E-state index contributed by atoms with van der Waals surface area (Å²) in [6.45, 7) is 1.25. The maximum atomic E-state index is 11.9. The highest BCUT2D eigenvalue weighted by molar-refractivity contribution is 5.56. The summed E-state index contributed by atoms with van der Waals surface area (Å²) in [5, 5.41) is 7.93. The first kappa shape index (κ1) is 8.94. The Morgan fingerprint density at radius 2 is 2.50 bits per heavy atom. The number of carbonyl (C=O) groups is 1. The van der Waals surface area contributed by atoms with Gasteiger partial charge in [0.2, 0.25) is 0 Å². The summed E-state index contributed by atoms with van der Waals surface area (Å²) in [7, 11) is 0. The minimum Gasteiger partial charge on any atom is -0.450 e. The topological polar surface area (TPSA) is 46.5 Å². The Labute approximate surface area is 58.1 Å². The molecule has 0 aromatic heterocycles. The SMILES string of the molecule is CC(F)C=CCOC(=O)O. The van der Waals surface area contributed by atoms with Gasteiger partial charge in [0.1, 0.15) is 12.8 Å². The van der Waals surface area contributed by atoms with E-state index in [2.05, 4.69) is 4.74 Å². The standard InChI is InChI=1S/C6H9FO3/c1-5(7)3-2-4-10-6(8)9/h2-3,5H,4H2,1H3,(H,8,9). The van der Waals surface area contributed by atoms with Crippen molar-refractivity contribution in [3.05, 3.63) is 12.2 Å². The van der Waals surface area contributed by atoms with E-state index in [1.54, 1.807) is 0 Å². The monoisotopic (exact) mass is 148 g/mol. The van der Waals surface area contributed by atoms with Crippen LogP contribution in [0.5, 0.6) is 0 Å². The predicted molar refractivity (Wildman–Crippen MR) is 33.7 cm³/mol. The molecule has 0 aliphatic carbocycles. The van der Waals surface area contributed by atoms with Crippen molar-refractivity contribution in [3.8, 4) is 0 Å². The molecule has 0 bridgehead atoms. The van der Waals surface area contributed by atoms with E-state index in [1.165, 1.54) is 19.1 Å². The largest absolute Gasteiger partial charge is 0.506 e. The summed E-state index contributed by atoms with van der Waals surface area (Å²) >= 11 is 0. The lowest BCUT2D eigenvalue weighted by molar-refractivity contribution is 0.102. The van der Waals surface area contributed by atoms with Gasteiger partial charge in [-0.1, -0.05) is 6.08 Å². The van der Waals surface area contributed by atoms with Crippen LogP contribution in [0.1, 0.15) is 6.92 Å². The minimum atomic E-state index is -1.35. The molecule has 0 spiro atoms. The van der Waals surface area contributed by atoms with Crippen LogP contribution < -0.4 is 0 Å². The first-order valence-electron chi connectivity index (χ1n) is 2.79. The average Bonchev–Trinajstić information content (AvgIpc) is 1.79. The summed E-state index contributed by atoms with van der Waals surface area (Å²) in [6.07, 6.45) is 0.135. The molecule has 1 unspecified atom stereocenters. The van der Waals surface area contributed by atoms with Gasteiger partial charge in [0.25, 0.3) is 0 Å². The molecule has 1 atom stereocenters. The van der Waals surface area contributed by atoms with Gasteiger partial charge >= 0.3 is 6.16 Å². The second kappa shape index (κ2) is 4.78. The number of carboxylic acid groups (broad SMARTS) is 1. The van der Waals surface area contributed by atoms with Gasteiger partial charge < -0.3 is 9.84 Å². The Hall–Kier alpha value is -1.06. The Bertz CT molecular complexity index is 131. The highest BCUT2D eigenvalue weighted by atomic mass is 19.1. The molecule has 0 amide bonds. The average molecular weight is 148 g/mol. The first-order valence-corrected chi connectivity index (χ1v) is 2.79. The second-order valence-electron chi connectivity index (χ2n) is 1.68. The molecule has 1 N–H and O–H groups in total. The summed E-state index contributed by atoms with van der Waals surface area (Å²) in [5.41, 5.74) is 0. The van der Waals surface area contributed by atoms with Crippen molar-refractivity contribution in [3.63, 3.8) is 0 Å². The third kappa shape index (κ3) is 6.94. The highest BCUT2D eigenvalue weighted by Gasteiger charge is 1.91. The van der Waals surface area contributed by atoms with Crippen molar-refractivity contribution in [2.75, 3.05) is 6.61 Å². The zero-order valence-electron chi connectivity index (χ0n) is 5.58. The second-order valence-corrected chi connectivity index (χ2v) is 1.68. The van der Waals surface area contributed by atoms with Gasteiger partial charge in [-0.15, -0.1) is 0 Å². The maximum Gasteiger partial charge on any atom is 0.506 e. The lowest BCUT2D eigenvalue weighted by atomic mass is 10.4. The summed E-state index contributed by atoms with van der Waals surface area (Å²) < 4.78 is 16.0. The van der Waals surface area contributed by atoms with Gasteiger partial charge in [-0.05, 0) is 13.0 Å². The maximum absolute atomic E-state index is 11.9. The molecule has 0 saturated heterocycles. The molecule has 0 fully saturated rings. The third-order valence-electron chi connectivity index (χ3n) is 0.704. The van der Waals surface area contributed by atoms with E-state index >= 15 is 0 Å². The Kier molecular flexibility index (Phi) is 4.28. The van der Waals surface area contributed by atoms with Crippen molar-refractivity contribution < 1.29 is 19.0 Å². The normalized spacial score (nSPS) is 13.4. The molecule has 0 aliphatic rings. The van der Waals surface area contributed by atoms with Crippen LogP contribution in [0.25, 0.3) is 0 Å². The van der Waals surface area contributed by atoms with Crippen LogP contribution in [-0.4, -0.2) is 24.0 Å². The first-order chi connectivity index (χ1) is 4.63. The van der Waals surface area contributed by atoms with Crippen LogP contribution >= 0.6 is 0 Å². The number of allylic oxidation sites excluding steroid dienone is 1. The van der Waals surface area contributed by atoms with E-state index < -0.39 is 12.3 Å². The minimum absolute atomic E-state index is 0.0937. The third-order valence-corrected chi connectivity index (χ3v) is 0.704. The van der Waals surface area contributed by atoms with Crippen LogP contribution in [0, 0.1) is 0 Å². The van der Waals surface area contributed by atoms with Crippen LogP contribution in [0.3, 0.4) is 0 Å². The van der Waals surface area contributed by atoms with Crippen LogP contribution in [0.15, 0.2) is 12.2 Å². The smallest absolute Gasteiger partial charge is 0.450 e. The van der Waals surface area contributed by atoms with E-state index in [-0.39, 0.29) is 6.61 Å². The lowest BCUT2D eigenvalue weighted by Gasteiger charge is -1.92. The Morgan fingerprint density at radius 1 is 1.90 bits per heavy atom. The van der Waals surface area contributed by atoms with E-state index in [1.807, 2.05) is 0 Å². The lowest BCUT2D eigenvalue weighted by Crippen LogP contribution is -1.99. The number of ether oxygens (including phenoxy) is 1. The molecular formula is C6H9FO3. The van der Waals surface area contributed by atoms with E-state index in [4.69, 9.17) is 5.11 Å². The molecule has 0 aromatic carbocycles. The molecule has 58 valence electrons. The molecule has 3 nitrogen and oxygen atoms in total. The van der Waals surface area contributed by atoms with Crippen molar-refractivity contribution >= 4 is 6.16 Å². The van der Waals surface area contributed by atoms with Crippen molar-refractivity contribution in [2.24, 2.45) is 0 Å². The Morgan fingerprint density at radius 3 is 2.90 bits per heavy atom. The number of hydrogen-bond donors (Lipinski definition) is 1. The zero-order chi connectivity index (χ0) is 7.98. The van der Waals surface area contributed by atoms with Crippen LogP contribution in [0.2, 0.25) is 0 Å². The fraction of sp³-hybridized carbons (Fsp3) is 0.500. The fourth-order valence-electron chi connectivity index (χ4n) is 0.362. The van der Waals surface area contributed by atoms with E-state index in [0.717, 1.165) is 0 Å². The summed E-state index contributed by atoms with van der Waals surface area (Å²) in [4.78, 5) is 9.69. The van der Waals surface area contributed by atoms with E-state index in [9.17, 15) is 9.18 Å². The number of hydrogen-bond acceptors (Lipinski definition) is 2. The van der Waals surface area contributed by atoms with Crippen LogP contribution in [-0.2, 0) is 4.74 Å². The quantitative estimate of drug-likeness (QED) is 0.488. The molecule has 0 heterocycles. The zero-order valence-corrected chi connectivity index (χ0v) is 5.58. The summed E-state index contributed by atoms with van der Waals surface area (Å²) in [6, 6.07) is 0. The predicted octanol–water partition coefficient (Wildman–Crippen LogP) is 1.60. The molecule has 0 aromatic rings. The van der Waals surface area contributed by atoms with Gasteiger partial charge in [-0.2, -0.15) is 0 Å². The van der Waals surface area contributed by atoms with Crippen LogP contribution in [0.4, 0.5) is 9.18 Å². The van der Waals surface area contributed by atoms with Gasteiger partial charge in [-0.3, -0.25) is 0 Å². The number of alkyl halides is 1. The molecule has 0 radical (unpaired) electrons. The fourth-order valence-corrected chi connectivity index (χ4v) is 0.362. The van der Waals surface area contributed by atoms with Gasteiger partial charge in [0.05, 0.1) is 0 Å². The molecule has 10 heavy (non-hydrogen) atoms. The van der Waals surface area contributed by atoms with Gasteiger partial charge in [0.15, 0.2) is 0 Å². The Balaban J connectivity index is 3.27. The molecule has 4 heteroatoms. The van der Waals surface area contributed by atoms with E-state index in [0.29, 0.717) is 0 Å². The van der Waals surface area contributed by atoms with Gasteiger partial charge in [-0.25, -0.2) is 9.18 Å². The molecule has 0 rings (SSSR count). The van der Waals surface area contributed by atoms with Gasteiger partial charge in [0, 0.05) is 0 Å². The number of halogens is 1. The number of rotatable bonds is 3. The summed E-state index contributed by atoms with van der Waals surface area (Å²) in [5.74, 6) is 0. The highest BCUT2D eigenvalue weighted by Crippen LogP contribution is 1.89. The molecule has 0 saturated carbocycles. The molecule has 0 aliphatic heterocycles. The molecular weight excluding hydrogens is 139 g/mol. The van der Waals surface area contributed by atoms with Crippen molar-refractivity contribution in [1.29, 1.82) is 0 Å².